The molecule has 0 N–H and O–H groups in total. The predicted octanol–water partition coefficient (Wildman–Crippen LogP) is 5.21. The lowest BCUT2D eigenvalue weighted by Gasteiger charge is -2.14. The molecule has 5 aromatic rings. The van der Waals surface area contributed by atoms with Gasteiger partial charge >= 0.3 is 12.5 Å². The van der Waals surface area contributed by atoms with Gasteiger partial charge in [0.2, 0.25) is 0 Å². The minimum absolute atomic E-state index is 0.0422. The Morgan fingerprint density at radius 3 is 2.49 bits per heavy atom. The van der Waals surface area contributed by atoms with E-state index in [1.165, 1.54) is 29.9 Å². The number of imidazole rings is 1. The molecule has 0 aliphatic heterocycles. The Labute approximate surface area is 202 Å². The number of thioether (sulfide) groups is 1. The third-order valence-electron chi connectivity index (χ3n) is 5.47. The number of hydrogen-bond donors (Lipinski definition) is 0. The van der Waals surface area contributed by atoms with E-state index in [-0.39, 0.29) is 27.9 Å². The molecular formula is C25H18F2N4O3S. The number of rotatable bonds is 6. The molecule has 0 spiro atoms. The van der Waals surface area contributed by atoms with Gasteiger partial charge in [0.25, 0.3) is 5.56 Å². The number of carbonyl (C=O) groups excluding carboxylic acids is 1. The van der Waals surface area contributed by atoms with Gasteiger partial charge < -0.3 is 4.74 Å². The van der Waals surface area contributed by atoms with E-state index in [1.807, 2.05) is 6.07 Å². The Hall–Kier alpha value is -4.05. The maximum atomic E-state index is 13.9. The second-order valence-corrected chi connectivity index (χ2v) is 8.49. The molecule has 0 radical (unpaired) electrons. The van der Waals surface area contributed by atoms with Crippen molar-refractivity contribution in [2.75, 3.05) is 7.11 Å². The molecule has 0 bridgehead atoms. The van der Waals surface area contributed by atoms with Crippen LogP contribution in [0.25, 0.3) is 27.6 Å². The van der Waals surface area contributed by atoms with Gasteiger partial charge in [0, 0.05) is 0 Å². The standard InChI is InChI=1S/C25H18F2N4O3S/c1-34-23(33)15-11-12-17-19(13-15)29-25(30(22(17)32)16-7-3-2-4-8-16)35-14-21-28-18-9-5-6-10-20(18)31(21)24(26)27/h2-13,24H,14H2,1H3. The van der Waals surface area contributed by atoms with Gasteiger partial charge in [-0.3, -0.25) is 13.9 Å². The highest BCUT2D eigenvalue weighted by Crippen LogP contribution is 2.29. The zero-order chi connectivity index (χ0) is 24.5. The average Bonchev–Trinajstić information content (AvgIpc) is 3.26. The first kappa shape index (κ1) is 22.7. The maximum absolute atomic E-state index is 13.9. The van der Waals surface area contributed by atoms with Crippen molar-refractivity contribution in [2.24, 2.45) is 0 Å². The minimum Gasteiger partial charge on any atom is -0.465 e. The Balaban J connectivity index is 1.64. The average molecular weight is 493 g/mol. The van der Waals surface area contributed by atoms with Crippen molar-refractivity contribution >= 4 is 39.7 Å². The van der Waals surface area contributed by atoms with E-state index in [0.29, 0.717) is 27.6 Å². The number of ether oxygens (including phenoxy) is 1. The van der Waals surface area contributed by atoms with Crippen molar-refractivity contribution in [1.29, 1.82) is 0 Å². The number of alkyl halides is 2. The third-order valence-corrected chi connectivity index (χ3v) is 6.40. The first-order chi connectivity index (χ1) is 17.0. The van der Waals surface area contributed by atoms with Gasteiger partial charge in [-0.05, 0) is 42.5 Å². The van der Waals surface area contributed by atoms with E-state index in [0.717, 1.165) is 16.3 Å². The normalized spacial score (nSPS) is 11.4. The van der Waals surface area contributed by atoms with Crippen molar-refractivity contribution < 1.29 is 18.3 Å². The molecule has 2 aromatic heterocycles. The third kappa shape index (κ3) is 4.17. The summed E-state index contributed by atoms with van der Waals surface area (Å²) in [5.41, 5.74) is 1.57. The molecule has 10 heteroatoms. The van der Waals surface area contributed by atoms with E-state index in [4.69, 9.17) is 4.74 Å². The van der Waals surface area contributed by atoms with Crippen LogP contribution >= 0.6 is 11.8 Å². The Morgan fingerprint density at radius 1 is 1.00 bits per heavy atom. The molecule has 0 amide bonds. The topological polar surface area (TPSA) is 79.0 Å². The summed E-state index contributed by atoms with van der Waals surface area (Å²) in [5, 5.41) is 0.592. The van der Waals surface area contributed by atoms with Crippen molar-refractivity contribution in [1.82, 2.24) is 19.1 Å². The fourth-order valence-electron chi connectivity index (χ4n) is 3.85. The second-order valence-electron chi connectivity index (χ2n) is 7.55. The van der Waals surface area contributed by atoms with Crippen LogP contribution in [0.4, 0.5) is 8.78 Å². The largest absolute Gasteiger partial charge is 0.465 e. The maximum Gasteiger partial charge on any atom is 0.337 e. The zero-order valence-electron chi connectivity index (χ0n) is 18.4. The van der Waals surface area contributed by atoms with Gasteiger partial charge in [0.05, 0.1) is 46.0 Å². The van der Waals surface area contributed by atoms with Crippen LogP contribution in [0.15, 0.2) is 82.7 Å². The van der Waals surface area contributed by atoms with Crippen molar-refractivity contribution in [3.8, 4) is 5.69 Å². The van der Waals surface area contributed by atoms with Gasteiger partial charge in [0.15, 0.2) is 5.16 Å². The summed E-state index contributed by atoms with van der Waals surface area (Å²) in [6, 6.07) is 20.1. The molecule has 0 fully saturated rings. The number of para-hydroxylation sites is 3. The second kappa shape index (κ2) is 9.30. The summed E-state index contributed by atoms with van der Waals surface area (Å²) in [7, 11) is 1.27. The molecular weight excluding hydrogens is 474 g/mol. The van der Waals surface area contributed by atoms with E-state index in [2.05, 4.69) is 9.97 Å². The summed E-state index contributed by atoms with van der Waals surface area (Å²) in [6.45, 7) is -2.78. The van der Waals surface area contributed by atoms with Crippen molar-refractivity contribution in [2.45, 2.75) is 17.5 Å². The first-order valence-electron chi connectivity index (χ1n) is 10.6. The van der Waals surface area contributed by atoms with E-state index in [1.54, 1.807) is 48.5 Å². The number of carbonyl (C=O) groups is 1. The van der Waals surface area contributed by atoms with Crippen LogP contribution < -0.4 is 5.56 Å². The molecule has 5 rings (SSSR count). The van der Waals surface area contributed by atoms with Gasteiger partial charge in [-0.1, -0.05) is 42.1 Å². The van der Waals surface area contributed by atoms with Crippen LogP contribution in [-0.2, 0) is 10.5 Å². The molecule has 2 heterocycles. The summed E-state index contributed by atoms with van der Waals surface area (Å²) in [4.78, 5) is 34.5. The van der Waals surface area contributed by atoms with Crippen molar-refractivity contribution in [3.63, 3.8) is 0 Å². The Bertz CT molecular complexity index is 1620. The highest BCUT2D eigenvalue weighted by Gasteiger charge is 2.20. The molecule has 176 valence electrons. The fourth-order valence-corrected chi connectivity index (χ4v) is 4.80. The highest BCUT2D eigenvalue weighted by atomic mass is 32.2. The van der Waals surface area contributed by atoms with Crippen LogP contribution in [0.2, 0.25) is 0 Å². The van der Waals surface area contributed by atoms with Gasteiger partial charge in [-0.25, -0.2) is 14.8 Å². The zero-order valence-corrected chi connectivity index (χ0v) is 19.2. The lowest BCUT2D eigenvalue weighted by Crippen LogP contribution is -2.22. The number of esters is 1. The van der Waals surface area contributed by atoms with Crippen molar-refractivity contribution in [3.05, 3.63) is 94.5 Å². The quantitative estimate of drug-likeness (QED) is 0.184. The monoisotopic (exact) mass is 492 g/mol. The van der Waals surface area contributed by atoms with E-state index >= 15 is 0 Å². The number of aromatic nitrogens is 4. The molecule has 0 aliphatic carbocycles. The number of benzene rings is 3. The molecule has 0 saturated heterocycles. The fraction of sp³-hybridized carbons (Fsp3) is 0.120. The SMILES string of the molecule is COC(=O)c1ccc2c(=O)n(-c3ccccc3)c(SCc3nc4ccccc4n3C(F)F)nc2c1. The van der Waals surface area contributed by atoms with E-state index in [9.17, 15) is 18.4 Å². The van der Waals surface area contributed by atoms with Gasteiger partial charge in [-0.2, -0.15) is 8.78 Å². The number of fused-ring (bicyclic) bond motifs is 2. The number of halogens is 2. The van der Waals surface area contributed by atoms with E-state index < -0.39 is 12.5 Å². The Morgan fingerprint density at radius 2 is 1.74 bits per heavy atom. The molecule has 35 heavy (non-hydrogen) atoms. The molecule has 0 unspecified atom stereocenters. The minimum atomic E-state index is -2.78. The lowest BCUT2D eigenvalue weighted by atomic mass is 10.1. The van der Waals surface area contributed by atoms with Crippen LogP contribution in [0, 0.1) is 0 Å². The molecule has 3 aromatic carbocycles. The lowest BCUT2D eigenvalue weighted by molar-refractivity contribution is 0.0600. The number of nitrogens with zero attached hydrogens (tertiary/aromatic N) is 4. The van der Waals surface area contributed by atoms with Crippen LogP contribution in [-0.4, -0.2) is 32.2 Å². The van der Waals surface area contributed by atoms with Gasteiger partial charge in [0.1, 0.15) is 5.82 Å². The van der Waals surface area contributed by atoms with Crippen LogP contribution in [0.3, 0.4) is 0 Å². The summed E-state index contributed by atoms with van der Waals surface area (Å²) in [5.74, 6) is -0.357. The van der Waals surface area contributed by atoms with Crippen LogP contribution in [0.1, 0.15) is 22.7 Å². The molecule has 0 atom stereocenters. The summed E-state index contributed by atoms with van der Waals surface area (Å²) in [6.07, 6.45) is 0. The molecule has 0 saturated carbocycles. The smallest absolute Gasteiger partial charge is 0.337 e. The molecule has 0 aliphatic rings. The van der Waals surface area contributed by atoms with Crippen LogP contribution in [0.5, 0.6) is 0 Å². The Kier molecular flexibility index (Phi) is 6.04. The van der Waals surface area contributed by atoms with Gasteiger partial charge in [-0.15, -0.1) is 0 Å². The highest BCUT2D eigenvalue weighted by molar-refractivity contribution is 7.98. The predicted molar refractivity (Wildman–Crippen MR) is 129 cm³/mol. The number of methoxy groups -OCH3 is 1. The first-order valence-corrected chi connectivity index (χ1v) is 11.5. The number of hydrogen-bond acceptors (Lipinski definition) is 6. The summed E-state index contributed by atoms with van der Waals surface area (Å²) < 4.78 is 34.9. The molecule has 7 nitrogen and oxygen atoms in total. The summed E-state index contributed by atoms with van der Waals surface area (Å²) >= 11 is 1.11.